The minimum absolute atomic E-state index is 0. The van der Waals surface area contributed by atoms with Gasteiger partial charge in [-0.15, -0.1) is 24.0 Å². The smallest absolute Gasteiger partial charge is 0.222 e. The third kappa shape index (κ3) is 5.28. The van der Waals surface area contributed by atoms with Gasteiger partial charge in [0.2, 0.25) is 5.91 Å². The van der Waals surface area contributed by atoms with E-state index in [1.165, 1.54) is 0 Å². The first-order chi connectivity index (χ1) is 9.60. The van der Waals surface area contributed by atoms with Crippen LogP contribution in [-0.4, -0.2) is 61.2 Å². The Balaban J connectivity index is 0.00000220. The van der Waals surface area contributed by atoms with Gasteiger partial charge in [-0.2, -0.15) is 0 Å². The van der Waals surface area contributed by atoms with Gasteiger partial charge in [0, 0.05) is 45.6 Å². The number of guanidine groups is 1. The number of hydrogen-bond donors (Lipinski definition) is 3. The van der Waals surface area contributed by atoms with Crippen molar-refractivity contribution in [2.24, 2.45) is 10.9 Å². The van der Waals surface area contributed by atoms with Crippen molar-refractivity contribution in [2.75, 3.05) is 27.2 Å². The van der Waals surface area contributed by atoms with Gasteiger partial charge in [-0.3, -0.25) is 9.79 Å². The van der Waals surface area contributed by atoms with E-state index in [0.717, 1.165) is 38.2 Å². The SMILES string of the molecule is CN=C(NCC1CCCC1O)NC1CCC(=O)N(C)C1.I. The van der Waals surface area contributed by atoms with Gasteiger partial charge in [-0.05, 0) is 19.3 Å². The van der Waals surface area contributed by atoms with Crippen LogP contribution < -0.4 is 10.6 Å². The molecule has 1 saturated carbocycles. The van der Waals surface area contributed by atoms with Crippen LogP contribution >= 0.6 is 24.0 Å². The van der Waals surface area contributed by atoms with E-state index in [0.29, 0.717) is 18.9 Å². The molecule has 1 saturated heterocycles. The molecule has 3 N–H and O–H groups in total. The first-order valence-electron chi connectivity index (χ1n) is 7.49. The molecule has 0 aromatic carbocycles. The van der Waals surface area contributed by atoms with E-state index in [4.69, 9.17) is 0 Å². The summed E-state index contributed by atoms with van der Waals surface area (Å²) in [6, 6.07) is 0.248. The van der Waals surface area contributed by atoms with Crippen LogP contribution in [0, 0.1) is 5.92 Å². The van der Waals surface area contributed by atoms with Crippen molar-refractivity contribution in [3.05, 3.63) is 0 Å². The number of aliphatic imine (C=N–C) groups is 1. The average molecular weight is 410 g/mol. The standard InChI is InChI=1S/C14H26N4O2.HI/c1-15-14(16-8-10-4-3-5-12(10)19)17-11-6-7-13(20)18(2)9-11;/h10-12,19H,3-9H2,1-2H3,(H2,15,16,17);1H. The third-order valence-corrected chi connectivity index (χ3v) is 4.34. The minimum atomic E-state index is -0.181. The summed E-state index contributed by atoms with van der Waals surface area (Å²) in [6.45, 7) is 1.47. The van der Waals surface area contributed by atoms with Crippen LogP contribution in [0.4, 0.5) is 0 Å². The van der Waals surface area contributed by atoms with E-state index in [9.17, 15) is 9.90 Å². The summed E-state index contributed by atoms with van der Waals surface area (Å²) in [4.78, 5) is 17.4. The Bertz CT molecular complexity index is 378. The first-order valence-corrected chi connectivity index (χ1v) is 7.49. The maximum absolute atomic E-state index is 11.5. The van der Waals surface area contributed by atoms with E-state index in [1.807, 2.05) is 7.05 Å². The van der Waals surface area contributed by atoms with Crippen LogP contribution in [-0.2, 0) is 4.79 Å². The van der Waals surface area contributed by atoms with Gasteiger partial charge in [-0.25, -0.2) is 0 Å². The number of carbonyl (C=O) groups is 1. The van der Waals surface area contributed by atoms with Crippen molar-refractivity contribution in [3.63, 3.8) is 0 Å². The number of nitrogens with zero attached hydrogens (tertiary/aromatic N) is 2. The van der Waals surface area contributed by atoms with Gasteiger partial charge in [0.1, 0.15) is 0 Å². The number of aliphatic hydroxyl groups excluding tert-OH is 1. The summed E-state index contributed by atoms with van der Waals surface area (Å²) in [6.07, 6.45) is 4.34. The molecule has 0 radical (unpaired) electrons. The molecule has 2 aliphatic rings. The van der Waals surface area contributed by atoms with Crippen molar-refractivity contribution in [1.82, 2.24) is 15.5 Å². The summed E-state index contributed by atoms with van der Waals surface area (Å²) in [5.74, 6) is 1.29. The molecule has 1 amide bonds. The van der Waals surface area contributed by atoms with Crippen LogP contribution in [0.2, 0.25) is 0 Å². The molecule has 0 aromatic heterocycles. The number of nitrogens with one attached hydrogen (secondary N) is 2. The largest absolute Gasteiger partial charge is 0.393 e. The molecule has 2 rings (SSSR count). The molecule has 1 heterocycles. The van der Waals surface area contributed by atoms with Gasteiger partial charge in [0.25, 0.3) is 0 Å². The zero-order valence-corrected chi connectivity index (χ0v) is 15.2. The van der Waals surface area contributed by atoms with Crippen molar-refractivity contribution in [2.45, 2.75) is 44.2 Å². The number of rotatable bonds is 3. The number of carbonyl (C=O) groups excluding carboxylic acids is 1. The van der Waals surface area contributed by atoms with Crippen LogP contribution in [0.1, 0.15) is 32.1 Å². The second-order valence-corrected chi connectivity index (χ2v) is 5.87. The highest BCUT2D eigenvalue weighted by molar-refractivity contribution is 14.0. The van der Waals surface area contributed by atoms with E-state index in [2.05, 4.69) is 15.6 Å². The summed E-state index contributed by atoms with van der Waals surface area (Å²) >= 11 is 0. The highest BCUT2D eigenvalue weighted by Crippen LogP contribution is 2.24. The lowest BCUT2D eigenvalue weighted by Gasteiger charge is -2.31. The predicted octanol–water partition coefficient (Wildman–Crippen LogP) is 0.551. The molecule has 2 fully saturated rings. The van der Waals surface area contributed by atoms with E-state index in [-0.39, 0.29) is 42.0 Å². The number of aliphatic hydroxyl groups is 1. The number of amides is 1. The highest BCUT2D eigenvalue weighted by Gasteiger charge is 2.26. The lowest BCUT2D eigenvalue weighted by atomic mass is 10.1. The molecule has 0 spiro atoms. The molecular formula is C14H27IN4O2. The Labute approximate surface area is 143 Å². The zero-order chi connectivity index (χ0) is 14.5. The van der Waals surface area contributed by atoms with Gasteiger partial charge in [0.05, 0.1) is 6.10 Å². The molecule has 21 heavy (non-hydrogen) atoms. The zero-order valence-electron chi connectivity index (χ0n) is 12.8. The van der Waals surface area contributed by atoms with Crippen LogP contribution in [0.3, 0.4) is 0 Å². The highest BCUT2D eigenvalue weighted by atomic mass is 127. The average Bonchev–Trinajstić information content (AvgIpc) is 2.84. The molecule has 6 nitrogen and oxygen atoms in total. The van der Waals surface area contributed by atoms with E-state index < -0.39 is 0 Å². The molecule has 0 aromatic rings. The molecule has 0 bridgehead atoms. The fraction of sp³-hybridized carbons (Fsp3) is 0.857. The fourth-order valence-electron chi connectivity index (χ4n) is 3.00. The lowest BCUT2D eigenvalue weighted by Crippen LogP contribution is -2.52. The second-order valence-electron chi connectivity index (χ2n) is 5.87. The Morgan fingerprint density at radius 3 is 2.76 bits per heavy atom. The Kier molecular flexibility index (Phi) is 7.72. The Hall–Kier alpha value is -0.570. The number of piperidine rings is 1. The molecule has 122 valence electrons. The number of hydrogen-bond acceptors (Lipinski definition) is 3. The summed E-state index contributed by atoms with van der Waals surface area (Å²) < 4.78 is 0. The monoisotopic (exact) mass is 410 g/mol. The van der Waals surface area contributed by atoms with E-state index >= 15 is 0 Å². The summed E-state index contributed by atoms with van der Waals surface area (Å²) in [5, 5.41) is 16.5. The summed E-state index contributed by atoms with van der Waals surface area (Å²) in [5.41, 5.74) is 0. The normalized spacial score (nSPS) is 30.0. The predicted molar refractivity (Wildman–Crippen MR) is 93.9 cm³/mol. The van der Waals surface area contributed by atoms with Crippen LogP contribution in [0.5, 0.6) is 0 Å². The maximum atomic E-state index is 11.5. The Morgan fingerprint density at radius 2 is 2.19 bits per heavy atom. The number of halogens is 1. The third-order valence-electron chi connectivity index (χ3n) is 4.34. The molecule has 1 aliphatic heterocycles. The number of likely N-dealkylation sites (N-methyl/N-ethyl adjacent to an activating group) is 1. The second kappa shape index (κ2) is 8.77. The number of likely N-dealkylation sites (tertiary alicyclic amines) is 1. The fourth-order valence-corrected chi connectivity index (χ4v) is 3.00. The molecule has 7 heteroatoms. The van der Waals surface area contributed by atoms with Gasteiger partial charge < -0.3 is 20.6 Å². The van der Waals surface area contributed by atoms with E-state index in [1.54, 1.807) is 11.9 Å². The van der Waals surface area contributed by atoms with Crippen molar-refractivity contribution in [3.8, 4) is 0 Å². The molecular weight excluding hydrogens is 383 g/mol. The first kappa shape index (κ1) is 18.5. The van der Waals surface area contributed by atoms with Crippen molar-refractivity contribution in [1.29, 1.82) is 0 Å². The van der Waals surface area contributed by atoms with Crippen LogP contribution in [0.15, 0.2) is 4.99 Å². The molecule has 3 unspecified atom stereocenters. The van der Waals surface area contributed by atoms with Crippen molar-refractivity contribution >= 4 is 35.8 Å². The Morgan fingerprint density at radius 1 is 1.43 bits per heavy atom. The molecule has 3 atom stereocenters. The van der Waals surface area contributed by atoms with Crippen molar-refractivity contribution < 1.29 is 9.90 Å². The van der Waals surface area contributed by atoms with Gasteiger partial charge in [0.15, 0.2) is 5.96 Å². The lowest BCUT2D eigenvalue weighted by molar-refractivity contribution is -0.132. The summed E-state index contributed by atoms with van der Waals surface area (Å²) in [7, 11) is 3.58. The minimum Gasteiger partial charge on any atom is -0.393 e. The topological polar surface area (TPSA) is 77.0 Å². The van der Waals surface area contributed by atoms with Gasteiger partial charge >= 0.3 is 0 Å². The van der Waals surface area contributed by atoms with Crippen LogP contribution in [0.25, 0.3) is 0 Å². The van der Waals surface area contributed by atoms with Gasteiger partial charge in [-0.1, -0.05) is 6.42 Å². The molecule has 1 aliphatic carbocycles. The quantitative estimate of drug-likeness (QED) is 0.361. The maximum Gasteiger partial charge on any atom is 0.222 e.